The second-order valence-corrected chi connectivity index (χ2v) is 8.74. The van der Waals surface area contributed by atoms with E-state index in [1.165, 1.54) is 11.1 Å². The standard InChI is InChI=1S/C30H28O2/c31-29(23-17-9-3-10-18-23)27-25(21-13-5-1-6-14-21)28(26(27)22-15-7-2-8-16-22)30(32)24-19-11-4-12-20-24/h1-20,25-32H/t25?,26?,27?,28?,29-,30-/m1/s1. The van der Waals surface area contributed by atoms with E-state index in [0.29, 0.717) is 0 Å². The first-order valence-corrected chi connectivity index (χ1v) is 11.3. The van der Waals surface area contributed by atoms with Gasteiger partial charge >= 0.3 is 0 Å². The van der Waals surface area contributed by atoms with Crippen molar-refractivity contribution in [3.63, 3.8) is 0 Å². The Morgan fingerprint density at radius 3 is 1.00 bits per heavy atom. The summed E-state index contributed by atoms with van der Waals surface area (Å²) < 4.78 is 0. The number of benzene rings is 4. The van der Waals surface area contributed by atoms with Crippen LogP contribution in [-0.2, 0) is 0 Å². The summed E-state index contributed by atoms with van der Waals surface area (Å²) in [4.78, 5) is 0. The van der Waals surface area contributed by atoms with Crippen LogP contribution in [0.2, 0.25) is 0 Å². The molecule has 4 aromatic rings. The van der Waals surface area contributed by atoms with Gasteiger partial charge in [0.25, 0.3) is 0 Å². The highest BCUT2D eigenvalue weighted by atomic mass is 16.3. The molecule has 0 spiro atoms. The first-order chi connectivity index (χ1) is 15.8. The van der Waals surface area contributed by atoms with E-state index in [2.05, 4.69) is 24.3 Å². The molecule has 0 radical (unpaired) electrons. The van der Waals surface area contributed by atoms with Gasteiger partial charge < -0.3 is 10.2 Å². The molecule has 0 amide bonds. The van der Waals surface area contributed by atoms with Crippen LogP contribution in [0.25, 0.3) is 0 Å². The summed E-state index contributed by atoms with van der Waals surface area (Å²) >= 11 is 0. The number of aliphatic hydroxyl groups is 2. The van der Waals surface area contributed by atoms with Gasteiger partial charge in [-0.2, -0.15) is 0 Å². The smallest absolute Gasteiger partial charge is 0.0830 e. The fourth-order valence-corrected chi connectivity index (χ4v) is 5.58. The van der Waals surface area contributed by atoms with Crippen LogP contribution in [-0.4, -0.2) is 10.2 Å². The maximum absolute atomic E-state index is 11.6. The first kappa shape index (κ1) is 20.7. The summed E-state index contributed by atoms with van der Waals surface area (Å²) in [6, 6.07) is 40.5. The summed E-state index contributed by atoms with van der Waals surface area (Å²) in [6.07, 6.45) is -1.24. The number of rotatable bonds is 6. The van der Waals surface area contributed by atoms with Gasteiger partial charge in [0.1, 0.15) is 0 Å². The quantitative estimate of drug-likeness (QED) is 0.386. The Kier molecular flexibility index (Phi) is 5.89. The predicted molar refractivity (Wildman–Crippen MR) is 128 cm³/mol. The molecule has 1 aliphatic rings. The zero-order valence-corrected chi connectivity index (χ0v) is 17.9. The Morgan fingerprint density at radius 2 is 0.688 bits per heavy atom. The Morgan fingerprint density at radius 1 is 0.406 bits per heavy atom. The number of aliphatic hydroxyl groups excluding tert-OH is 2. The van der Waals surface area contributed by atoms with Gasteiger partial charge in [0.05, 0.1) is 12.2 Å². The normalized spacial score (nSPS) is 24.3. The predicted octanol–water partition coefficient (Wildman–Crippen LogP) is 6.27. The average Bonchev–Trinajstić information content (AvgIpc) is 2.86. The molecule has 0 saturated heterocycles. The Labute approximate surface area is 189 Å². The van der Waals surface area contributed by atoms with Crippen molar-refractivity contribution in [3.8, 4) is 0 Å². The maximum Gasteiger partial charge on any atom is 0.0830 e. The van der Waals surface area contributed by atoms with Gasteiger partial charge in [-0.05, 0) is 34.1 Å². The van der Waals surface area contributed by atoms with E-state index in [9.17, 15) is 10.2 Å². The van der Waals surface area contributed by atoms with Crippen LogP contribution < -0.4 is 0 Å². The SMILES string of the molecule is O[C@H](c1ccccc1)C1C(c2ccccc2)C([C@H](O)c2ccccc2)C1c1ccccc1. The molecule has 5 rings (SSSR count). The molecule has 1 aliphatic carbocycles. The van der Waals surface area contributed by atoms with Crippen LogP contribution in [0.3, 0.4) is 0 Å². The van der Waals surface area contributed by atoms with Gasteiger partial charge in [0, 0.05) is 11.8 Å². The summed E-state index contributed by atoms with van der Waals surface area (Å²) in [5.74, 6) is -0.00485. The fraction of sp³-hybridized carbons (Fsp3) is 0.200. The van der Waals surface area contributed by atoms with Crippen LogP contribution in [0.15, 0.2) is 121 Å². The fourth-order valence-electron chi connectivity index (χ4n) is 5.58. The molecule has 1 saturated carbocycles. The highest BCUT2D eigenvalue weighted by molar-refractivity contribution is 5.38. The summed E-state index contributed by atoms with van der Waals surface area (Å²) in [5, 5.41) is 23.2. The molecule has 32 heavy (non-hydrogen) atoms. The van der Waals surface area contributed by atoms with Gasteiger partial charge in [-0.15, -0.1) is 0 Å². The third-order valence-electron chi connectivity index (χ3n) is 7.04. The summed E-state index contributed by atoms with van der Waals surface area (Å²) in [5.41, 5.74) is 4.18. The van der Waals surface area contributed by atoms with Gasteiger partial charge in [-0.3, -0.25) is 0 Å². The van der Waals surface area contributed by atoms with Crippen molar-refractivity contribution in [3.05, 3.63) is 144 Å². The lowest BCUT2D eigenvalue weighted by Crippen LogP contribution is -2.49. The molecule has 2 heteroatoms. The van der Waals surface area contributed by atoms with Crippen LogP contribution in [0, 0.1) is 11.8 Å². The van der Waals surface area contributed by atoms with E-state index in [-0.39, 0.29) is 23.7 Å². The lowest BCUT2D eigenvalue weighted by Gasteiger charge is -2.56. The summed E-state index contributed by atoms with van der Waals surface area (Å²) in [6.45, 7) is 0. The van der Waals surface area contributed by atoms with Crippen molar-refractivity contribution < 1.29 is 10.2 Å². The second-order valence-electron chi connectivity index (χ2n) is 8.74. The van der Waals surface area contributed by atoms with E-state index >= 15 is 0 Å². The van der Waals surface area contributed by atoms with Gasteiger partial charge in [0.15, 0.2) is 0 Å². The summed E-state index contributed by atoms with van der Waals surface area (Å²) in [7, 11) is 0. The lowest BCUT2D eigenvalue weighted by molar-refractivity contribution is -0.0778. The van der Waals surface area contributed by atoms with Crippen molar-refractivity contribution >= 4 is 0 Å². The zero-order chi connectivity index (χ0) is 21.9. The van der Waals surface area contributed by atoms with Crippen LogP contribution in [0.4, 0.5) is 0 Å². The molecule has 0 heterocycles. The number of hydrogen-bond donors (Lipinski definition) is 2. The van der Waals surface area contributed by atoms with E-state index in [0.717, 1.165) is 11.1 Å². The molecule has 2 nitrogen and oxygen atoms in total. The van der Waals surface area contributed by atoms with Gasteiger partial charge in [0.2, 0.25) is 0 Å². The molecule has 0 aromatic heterocycles. The van der Waals surface area contributed by atoms with Crippen molar-refractivity contribution in [2.24, 2.45) is 11.8 Å². The molecule has 2 atom stereocenters. The maximum atomic E-state index is 11.6. The van der Waals surface area contributed by atoms with Gasteiger partial charge in [-0.1, -0.05) is 121 Å². The monoisotopic (exact) mass is 420 g/mol. The molecule has 2 N–H and O–H groups in total. The lowest BCUT2D eigenvalue weighted by atomic mass is 9.48. The van der Waals surface area contributed by atoms with Crippen molar-refractivity contribution in [1.29, 1.82) is 0 Å². The van der Waals surface area contributed by atoms with Crippen molar-refractivity contribution in [2.45, 2.75) is 24.0 Å². The first-order valence-electron chi connectivity index (χ1n) is 11.3. The van der Waals surface area contributed by atoms with Crippen LogP contribution >= 0.6 is 0 Å². The molecule has 0 unspecified atom stereocenters. The van der Waals surface area contributed by atoms with Crippen molar-refractivity contribution in [2.75, 3.05) is 0 Å². The van der Waals surface area contributed by atoms with Crippen LogP contribution in [0.5, 0.6) is 0 Å². The second kappa shape index (κ2) is 9.12. The van der Waals surface area contributed by atoms with Crippen molar-refractivity contribution in [1.82, 2.24) is 0 Å². The largest absolute Gasteiger partial charge is 0.388 e. The molecular weight excluding hydrogens is 392 g/mol. The third-order valence-corrected chi connectivity index (χ3v) is 7.04. The molecule has 4 aromatic carbocycles. The van der Waals surface area contributed by atoms with Gasteiger partial charge in [-0.25, -0.2) is 0 Å². The average molecular weight is 421 g/mol. The number of hydrogen-bond acceptors (Lipinski definition) is 2. The molecule has 0 aliphatic heterocycles. The third kappa shape index (κ3) is 3.77. The Hall–Kier alpha value is -3.20. The minimum atomic E-state index is -0.620. The van der Waals surface area contributed by atoms with E-state index in [1.807, 2.05) is 97.1 Å². The molecule has 0 bridgehead atoms. The Balaban J connectivity index is 1.62. The minimum Gasteiger partial charge on any atom is -0.388 e. The molecule has 1 fully saturated rings. The molecular formula is C30H28O2. The highest BCUT2D eigenvalue weighted by Crippen LogP contribution is 2.64. The minimum absolute atomic E-state index is 0.0341. The van der Waals surface area contributed by atoms with E-state index < -0.39 is 12.2 Å². The van der Waals surface area contributed by atoms with E-state index in [1.54, 1.807) is 0 Å². The van der Waals surface area contributed by atoms with Crippen LogP contribution in [0.1, 0.15) is 46.3 Å². The topological polar surface area (TPSA) is 40.5 Å². The molecule has 160 valence electrons. The zero-order valence-electron chi connectivity index (χ0n) is 17.9. The highest BCUT2D eigenvalue weighted by Gasteiger charge is 2.57. The van der Waals surface area contributed by atoms with E-state index in [4.69, 9.17) is 0 Å². The Bertz CT molecular complexity index is 1010.